The van der Waals surface area contributed by atoms with Crippen molar-refractivity contribution in [3.63, 3.8) is 0 Å². The third-order valence-electron chi connectivity index (χ3n) is 6.37. The number of nitrogens with zero attached hydrogens (tertiary/aromatic N) is 7. The Labute approximate surface area is 204 Å². The van der Waals surface area contributed by atoms with Crippen LogP contribution in [0.3, 0.4) is 0 Å². The molecule has 4 aromatic rings. The van der Waals surface area contributed by atoms with Crippen molar-refractivity contribution in [3.8, 4) is 5.82 Å². The number of ether oxygens (including phenoxy) is 1. The highest BCUT2D eigenvalue weighted by Crippen LogP contribution is 2.46. The fourth-order valence-corrected chi connectivity index (χ4v) is 5.06. The molecule has 6 rings (SSSR count). The maximum Gasteiger partial charge on any atom is 0.232 e. The molecule has 0 radical (unpaired) electrons. The third kappa shape index (κ3) is 3.44. The molecule has 0 saturated carbocycles. The van der Waals surface area contributed by atoms with Gasteiger partial charge in [0.1, 0.15) is 0 Å². The van der Waals surface area contributed by atoms with Crippen LogP contribution in [0.4, 0.5) is 5.69 Å². The summed E-state index contributed by atoms with van der Waals surface area (Å²) in [5.41, 5.74) is 3.46. The fourth-order valence-electron chi connectivity index (χ4n) is 4.65. The standard InChI is InChI=1S/C22H20Cl2N8O2/c1-22(2)5-13(14-7-25-18-4-17(24)30-31(18)19(14)22)21(33)28-12-3-15(23)20(26-6-12)32-27-8-16(29-32)11-9-34-10-11/h3-4,6-8,11,13H,5,9-10H2,1-2H3,(H,28,33)/t13-/m1/s1. The van der Waals surface area contributed by atoms with E-state index in [0.29, 0.717) is 47.0 Å². The molecular weight excluding hydrogens is 479 g/mol. The summed E-state index contributed by atoms with van der Waals surface area (Å²) in [6.45, 7) is 5.45. The third-order valence-corrected chi connectivity index (χ3v) is 6.84. The van der Waals surface area contributed by atoms with Gasteiger partial charge in [0.05, 0.1) is 59.5 Å². The molecule has 1 N–H and O–H groups in total. The molecular formula is C22H20Cl2N8O2. The molecule has 1 aliphatic carbocycles. The van der Waals surface area contributed by atoms with E-state index in [1.165, 1.54) is 4.80 Å². The first-order valence-electron chi connectivity index (χ1n) is 10.8. The van der Waals surface area contributed by atoms with Gasteiger partial charge in [-0.3, -0.25) is 4.79 Å². The van der Waals surface area contributed by atoms with Gasteiger partial charge in [-0.25, -0.2) is 14.5 Å². The maximum atomic E-state index is 13.3. The molecule has 1 fully saturated rings. The molecule has 1 amide bonds. The van der Waals surface area contributed by atoms with Gasteiger partial charge in [-0.15, -0.1) is 4.80 Å². The second kappa shape index (κ2) is 7.72. The normalized spacial score (nSPS) is 19.2. The van der Waals surface area contributed by atoms with Crippen LogP contribution in [-0.2, 0) is 14.9 Å². The van der Waals surface area contributed by atoms with Crippen LogP contribution in [-0.4, -0.2) is 53.7 Å². The van der Waals surface area contributed by atoms with E-state index in [1.54, 1.807) is 35.2 Å². The summed E-state index contributed by atoms with van der Waals surface area (Å²) < 4.78 is 6.94. The highest BCUT2D eigenvalue weighted by atomic mass is 35.5. The molecule has 1 atom stereocenters. The number of pyridine rings is 1. The Balaban J connectivity index is 1.25. The van der Waals surface area contributed by atoms with Gasteiger partial charge in [-0.05, 0) is 12.5 Å². The van der Waals surface area contributed by atoms with Gasteiger partial charge in [-0.1, -0.05) is 37.0 Å². The lowest BCUT2D eigenvalue weighted by atomic mass is 9.88. The number of halogens is 2. The Morgan fingerprint density at radius 2 is 1.97 bits per heavy atom. The number of fused-ring (bicyclic) bond motifs is 3. The van der Waals surface area contributed by atoms with E-state index in [2.05, 4.69) is 44.4 Å². The molecule has 10 nitrogen and oxygen atoms in total. The Bertz CT molecular complexity index is 1440. The van der Waals surface area contributed by atoms with E-state index in [1.807, 2.05) is 0 Å². The quantitative estimate of drug-likeness (QED) is 0.457. The van der Waals surface area contributed by atoms with Gasteiger partial charge in [0.2, 0.25) is 5.91 Å². The predicted octanol–water partition coefficient (Wildman–Crippen LogP) is 3.53. The minimum atomic E-state index is -0.400. The van der Waals surface area contributed by atoms with Crippen molar-refractivity contribution in [1.82, 2.24) is 34.6 Å². The summed E-state index contributed by atoms with van der Waals surface area (Å²) in [6, 6.07) is 3.35. The molecule has 12 heteroatoms. The summed E-state index contributed by atoms with van der Waals surface area (Å²) in [6.07, 6.45) is 5.59. The summed E-state index contributed by atoms with van der Waals surface area (Å²) in [7, 11) is 0. The second-order valence-corrected chi connectivity index (χ2v) is 10.0. The van der Waals surface area contributed by atoms with E-state index in [9.17, 15) is 4.79 Å². The van der Waals surface area contributed by atoms with Crippen LogP contribution in [0.2, 0.25) is 10.2 Å². The topological polar surface area (TPSA) is 112 Å². The van der Waals surface area contributed by atoms with E-state index in [4.69, 9.17) is 27.9 Å². The molecule has 0 aromatic carbocycles. The monoisotopic (exact) mass is 498 g/mol. The van der Waals surface area contributed by atoms with Crippen LogP contribution in [0.25, 0.3) is 11.5 Å². The summed E-state index contributed by atoms with van der Waals surface area (Å²) in [5, 5.41) is 16.7. The predicted molar refractivity (Wildman–Crippen MR) is 125 cm³/mol. The smallest absolute Gasteiger partial charge is 0.232 e. The van der Waals surface area contributed by atoms with Crippen molar-refractivity contribution >= 4 is 40.4 Å². The second-order valence-electron chi connectivity index (χ2n) is 9.25. The number of aromatic nitrogens is 7. The number of hydrogen-bond donors (Lipinski definition) is 1. The van der Waals surface area contributed by atoms with E-state index in [0.717, 1.165) is 17.0 Å². The number of rotatable bonds is 4. The lowest BCUT2D eigenvalue weighted by molar-refractivity contribution is -0.117. The summed E-state index contributed by atoms with van der Waals surface area (Å²) >= 11 is 12.6. The highest BCUT2D eigenvalue weighted by molar-refractivity contribution is 6.32. The van der Waals surface area contributed by atoms with Crippen LogP contribution < -0.4 is 5.32 Å². The molecule has 1 saturated heterocycles. The average Bonchev–Trinajstić information content (AvgIpc) is 3.42. The molecule has 34 heavy (non-hydrogen) atoms. The number of anilines is 1. The van der Waals surface area contributed by atoms with Gasteiger partial charge in [0, 0.05) is 23.2 Å². The molecule has 2 aliphatic rings. The largest absolute Gasteiger partial charge is 0.380 e. The van der Waals surface area contributed by atoms with E-state index < -0.39 is 5.92 Å². The lowest BCUT2D eigenvalue weighted by Gasteiger charge is -2.23. The lowest BCUT2D eigenvalue weighted by Crippen LogP contribution is -2.25. The van der Waals surface area contributed by atoms with Crippen molar-refractivity contribution in [1.29, 1.82) is 0 Å². The first kappa shape index (κ1) is 21.5. The van der Waals surface area contributed by atoms with Crippen molar-refractivity contribution < 1.29 is 9.53 Å². The first-order chi connectivity index (χ1) is 16.3. The zero-order valence-electron chi connectivity index (χ0n) is 18.4. The number of nitrogens with one attached hydrogen (secondary N) is 1. The van der Waals surface area contributed by atoms with Gasteiger partial charge in [0.15, 0.2) is 16.6 Å². The van der Waals surface area contributed by atoms with Crippen molar-refractivity contribution in [3.05, 3.63) is 57.9 Å². The van der Waals surface area contributed by atoms with Crippen LogP contribution in [0.1, 0.15) is 49.1 Å². The summed E-state index contributed by atoms with van der Waals surface area (Å²) in [4.78, 5) is 23.5. The van der Waals surface area contributed by atoms with Gasteiger partial charge in [-0.2, -0.15) is 15.3 Å². The van der Waals surface area contributed by atoms with Gasteiger partial charge < -0.3 is 10.1 Å². The molecule has 0 unspecified atom stereocenters. The maximum absolute atomic E-state index is 13.3. The van der Waals surface area contributed by atoms with Gasteiger partial charge in [0.25, 0.3) is 0 Å². The molecule has 0 spiro atoms. The Morgan fingerprint density at radius 3 is 2.71 bits per heavy atom. The van der Waals surface area contributed by atoms with Crippen LogP contribution in [0.5, 0.6) is 0 Å². The van der Waals surface area contributed by atoms with Crippen LogP contribution in [0, 0.1) is 0 Å². The Morgan fingerprint density at radius 1 is 1.15 bits per heavy atom. The molecule has 5 heterocycles. The molecule has 0 bridgehead atoms. The highest BCUT2D eigenvalue weighted by Gasteiger charge is 2.43. The Hall–Kier alpha value is -3.08. The SMILES string of the molecule is CC1(C)C[C@@H](C(=O)Nc2cnc(-n3ncc(C4COC4)n3)c(Cl)c2)c2cnc3cc(Cl)nn3c21. The zero-order valence-corrected chi connectivity index (χ0v) is 19.9. The van der Waals surface area contributed by atoms with Crippen LogP contribution in [0.15, 0.2) is 30.7 Å². The van der Waals surface area contributed by atoms with Crippen LogP contribution >= 0.6 is 23.2 Å². The summed E-state index contributed by atoms with van der Waals surface area (Å²) in [5.74, 6) is 0.0727. The Kier molecular flexibility index (Phi) is 4.87. The fraction of sp³-hybridized carbons (Fsp3) is 0.364. The van der Waals surface area contributed by atoms with Crippen molar-refractivity contribution in [2.24, 2.45) is 0 Å². The minimum Gasteiger partial charge on any atom is -0.380 e. The first-order valence-corrected chi connectivity index (χ1v) is 11.6. The number of carbonyl (C=O) groups is 1. The molecule has 174 valence electrons. The molecule has 4 aromatic heterocycles. The number of hydrogen-bond acceptors (Lipinski definition) is 7. The van der Waals surface area contributed by atoms with E-state index >= 15 is 0 Å². The average molecular weight is 499 g/mol. The number of amides is 1. The minimum absolute atomic E-state index is 0.165. The van der Waals surface area contributed by atoms with E-state index in [-0.39, 0.29) is 17.2 Å². The molecule has 1 aliphatic heterocycles. The van der Waals surface area contributed by atoms with Crippen molar-refractivity contribution in [2.45, 2.75) is 37.5 Å². The number of carbonyl (C=O) groups excluding carboxylic acids is 1. The van der Waals surface area contributed by atoms with Gasteiger partial charge >= 0.3 is 0 Å². The zero-order chi connectivity index (χ0) is 23.6. The van der Waals surface area contributed by atoms with Crippen molar-refractivity contribution in [2.75, 3.05) is 18.5 Å².